The topological polar surface area (TPSA) is 56.3 Å². The minimum atomic E-state index is -0.414. The third-order valence-electron chi connectivity index (χ3n) is 6.55. The van der Waals surface area contributed by atoms with Gasteiger partial charge in [-0.15, -0.1) is 0 Å². The van der Waals surface area contributed by atoms with E-state index >= 15 is 0 Å². The maximum atomic E-state index is 13.1. The third-order valence-corrected chi connectivity index (χ3v) is 7.27. The molecule has 4 rings (SSSR count). The molecule has 1 aliphatic heterocycles. The van der Waals surface area contributed by atoms with Crippen LogP contribution in [0.1, 0.15) is 48.7 Å². The Morgan fingerprint density at radius 3 is 2.59 bits per heavy atom. The second-order valence-corrected chi connectivity index (χ2v) is 9.73. The van der Waals surface area contributed by atoms with Crippen molar-refractivity contribution in [1.82, 2.24) is 9.88 Å². The van der Waals surface area contributed by atoms with Crippen LogP contribution in [0, 0.1) is 9.49 Å². The summed E-state index contributed by atoms with van der Waals surface area (Å²) in [5, 5.41) is 10.9. The van der Waals surface area contributed by atoms with Gasteiger partial charge in [0.05, 0.1) is 17.2 Å². The molecule has 0 bridgehead atoms. The molecular weight excluding hydrogens is 475 g/mol. The van der Waals surface area contributed by atoms with Gasteiger partial charge in [0.25, 0.3) is 5.91 Å². The smallest absolute Gasteiger partial charge is 0.256 e. The SMILES string of the molecule is CC(C)C(C)(c1ccc(I)cc1)c1c[nH]c2c(C(=O)N3CCC(O)C3)cccc12. The van der Waals surface area contributed by atoms with Crippen molar-refractivity contribution in [1.29, 1.82) is 0 Å². The van der Waals surface area contributed by atoms with E-state index in [0.29, 0.717) is 31.0 Å². The number of para-hydroxylation sites is 1. The van der Waals surface area contributed by atoms with E-state index in [1.165, 1.54) is 14.7 Å². The number of benzene rings is 2. The highest BCUT2D eigenvalue weighted by Crippen LogP contribution is 2.42. The van der Waals surface area contributed by atoms with Crippen LogP contribution in [0.4, 0.5) is 0 Å². The number of carbonyl (C=O) groups is 1. The zero-order valence-electron chi connectivity index (χ0n) is 17.1. The average molecular weight is 502 g/mol. The molecule has 152 valence electrons. The van der Waals surface area contributed by atoms with Gasteiger partial charge >= 0.3 is 0 Å². The van der Waals surface area contributed by atoms with Crippen molar-refractivity contribution in [3.8, 4) is 0 Å². The number of halogens is 1. The second kappa shape index (κ2) is 7.76. The summed E-state index contributed by atoms with van der Waals surface area (Å²) in [6, 6.07) is 14.7. The number of aromatic nitrogens is 1. The van der Waals surface area contributed by atoms with E-state index in [0.717, 1.165) is 10.9 Å². The van der Waals surface area contributed by atoms with Crippen LogP contribution in [0.2, 0.25) is 0 Å². The van der Waals surface area contributed by atoms with Gasteiger partial charge in [0.1, 0.15) is 0 Å². The zero-order valence-corrected chi connectivity index (χ0v) is 19.2. The summed E-state index contributed by atoms with van der Waals surface area (Å²) in [5.41, 5.74) is 3.85. The van der Waals surface area contributed by atoms with Gasteiger partial charge in [-0.25, -0.2) is 0 Å². The molecule has 0 spiro atoms. The number of carbonyl (C=O) groups excluding carboxylic acids is 1. The van der Waals surface area contributed by atoms with Crippen LogP contribution in [0.5, 0.6) is 0 Å². The lowest BCUT2D eigenvalue weighted by molar-refractivity contribution is 0.0766. The van der Waals surface area contributed by atoms with Crippen molar-refractivity contribution in [3.05, 3.63) is 68.9 Å². The number of hydrogen-bond acceptors (Lipinski definition) is 2. The van der Waals surface area contributed by atoms with Gasteiger partial charge in [0.2, 0.25) is 0 Å². The van der Waals surface area contributed by atoms with E-state index in [2.05, 4.69) is 84.9 Å². The number of fused-ring (bicyclic) bond motifs is 1. The number of nitrogens with one attached hydrogen (secondary N) is 1. The Balaban J connectivity index is 1.82. The number of rotatable bonds is 4. The zero-order chi connectivity index (χ0) is 20.8. The lowest BCUT2D eigenvalue weighted by atomic mass is 9.68. The fraction of sp³-hybridized carbons (Fsp3) is 0.375. The molecule has 4 nitrogen and oxygen atoms in total. The first kappa shape index (κ1) is 20.4. The molecule has 2 aromatic carbocycles. The number of likely N-dealkylation sites (tertiary alicyclic amines) is 1. The van der Waals surface area contributed by atoms with E-state index in [1.807, 2.05) is 12.1 Å². The molecule has 3 aromatic rings. The predicted octanol–water partition coefficient (Wildman–Crippen LogP) is 4.94. The van der Waals surface area contributed by atoms with Crippen LogP contribution in [-0.4, -0.2) is 40.1 Å². The first-order valence-corrected chi connectivity index (χ1v) is 11.2. The van der Waals surface area contributed by atoms with Gasteiger partial charge in [0.15, 0.2) is 0 Å². The van der Waals surface area contributed by atoms with Crippen molar-refractivity contribution in [2.75, 3.05) is 13.1 Å². The molecule has 5 heteroatoms. The van der Waals surface area contributed by atoms with E-state index < -0.39 is 6.10 Å². The molecule has 1 saturated heterocycles. The number of H-pyrrole nitrogens is 1. The number of aromatic amines is 1. The molecule has 29 heavy (non-hydrogen) atoms. The number of hydrogen-bond donors (Lipinski definition) is 2. The molecule has 2 atom stereocenters. The summed E-state index contributed by atoms with van der Waals surface area (Å²) >= 11 is 2.33. The van der Waals surface area contributed by atoms with Crippen LogP contribution in [-0.2, 0) is 5.41 Å². The number of aliphatic hydroxyl groups is 1. The number of nitrogens with zero attached hydrogens (tertiary/aromatic N) is 1. The number of β-amino-alcohol motifs (C(OH)–C–C–N with tert-alkyl or cyclic N) is 1. The molecule has 0 saturated carbocycles. The molecule has 1 aliphatic rings. The van der Waals surface area contributed by atoms with Gasteiger partial charge in [-0.2, -0.15) is 0 Å². The fourth-order valence-electron chi connectivity index (χ4n) is 4.45. The van der Waals surface area contributed by atoms with Crippen molar-refractivity contribution < 1.29 is 9.90 Å². The number of amides is 1. The summed E-state index contributed by atoms with van der Waals surface area (Å²) in [4.78, 5) is 18.3. The Labute approximate surface area is 185 Å². The van der Waals surface area contributed by atoms with E-state index in [-0.39, 0.29) is 11.3 Å². The van der Waals surface area contributed by atoms with Crippen LogP contribution in [0.3, 0.4) is 0 Å². The Morgan fingerprint density at radius 1 is 1.24 bits per heavy atom. The van der Waals surface area contributed by atoms with E-state index in [4.69, 9.17) is 0 Å². The second-order valence-electron chi connectivity index (χ2n) is 8.49. The quantitative estimate of drug-likeness (QED) is 0.497. The summed E-state index contributed by atoms with van der Waals surface area (Å²) in [5.74, 6) is 0.357. The highest BCUT2D eigenvalue weighted by Gasteiger charge is 2.35. The van der Waals surface area contributed by atoms with Gasteiger partial charge in [-0.3, -0.25) is 4.79 Å². The Morgan fingerprint density at radius 2 is 1.97 bits per heavy atom. The van der Waals surface area contributed by atoms with Gasteiger partial charge < -0.3 is 15.0 Å². The van der Waals surface area contributed by atoms with Gasteiger partial charge in [-0.1, -0.05) is 45.0 Å². The summed E-state index contributed by atoms with van der Waals surface area (Å²) in [7, 11) is 0. The van der Waals surface area contributed by atoms with Crippen LogP contribution in [0.25, 0.3) is 10.9 Å². The molecule has 0 aliphatic carbocycles. The van der Waals surface area contributed by atoms with E-state index in [1.54, 1.807) is 4.90 Å². The molecule has 1 aromatic heterocycles. The van der Waals surface area contributed by atoms with Gasteiger partial charge in [0, 0.05) is 33.7 Å². The maximum absolute atomic E-state index is 13.1. The molecule has 2 heterocycles. The Kier molecular flexibility index (Phi) is 5.46. The largest absolute Gasteiger partial charge is 0.391 e. The number of aliphatic hydroxyl groups excluding tert-OH is 1. The first-order chi connectivity index (χ1) is 13.8. The lowest BCUT2D eigenvalue weighted by Gasteiger charge is -2.35. The molecule has 1 fully saturated rings. The standard InChI is InChI=1S/C24H27IN2O2/c1-15(2)24(3,16-7-9-17(25)10-8-16)21-13-26-22-19(21)5-4-6-20(22)23(29)27-12-11-18(28)14-27/h4-10,13,15,18,26,28H,11-12,14H2,1-3H3. The summed E-state index contributed by atoms with van der Waals surface area (Å²) < 4.78 is 1.22. The van der Waals surface area contributed by atoms with Crippen molar-refractivity contribution in [2.24, 2.45) is 5.92 Å². The highest BCUT2D eigenvalue weighted by atomic mass is 127. The van der Waals surface area contributed by atoms with Crippen LogP contribution < -0.4 is 0 Å². The van der Waals surface area contributed by atoms with Crippen molar-refractivity contribution in [2.45, 2.75) is 38.7 Å². The normalized spacial score (nSPS) is 19.1. The fourth-order valence-corrected chi connectivity index (χ4v) is 4.81. The Bertz CT molecular complexity index is 1040. The molecular formula is C24H27IN2O2. The molecule has 2 unspecified atom stereocenters. The first-order valence-electron chi connectivity index (χ1n) is 10.2. The maximum Gasteiger partial charge on any atom is 0.256 e. The highest BCUT2D eigenvalue weighted by molar-refractivity contribution is 14.1. The van der Waals surface area contributed by atoms with Crippen molar-refractivity contribution >= 4 is 39.4 Å². The predicted molar refractivity (Wildman–Crippen MR) is 125 cm³/mol. The summed E-state index contributed by atoms with van der Waals surface area (Å²) in [6.07, 6.45) is 2.30. The minimum absolute atomic E-state index is 0.0129. The van der Waals surface area contributed by atoms with Crippen LogP contribution in [0.15, 0.2) is 48.7 Å². The Hall–Kier alpha value is -1.86. The average Bonchev–Trinajstić information content (AvgIpc) is 3.33. The van der Waals surface area contributed by atoms with E-state index in [9.17, 15) is 9.90 Å². The van der Waals surface area contributed by atoms with Gasteiger partial charge in [-0.05, 0) is 64.3 Å². The molecule has 1 amide bonds. The summed E-state index contributed by atoms with van der Waals surface area (Å²) in [6.45, 7) is 7.80. The monoisotopic (exact) mass is 502 g/mol. The molecule has 2 N–H and O–H groups in total. The molecule has 0 radical (unpaired) electrons. The lowest BCUT2D eigenvalue weighted by Crippen LogP contribution is -2.30. The van der Waals surface area contributed by atoms with Crippen molar-refractivity contribution in [3.63, 3.8) is 0 Å². The minimum Gasteiger partial charge on any atom is -0.391 e. The van der Waals surface area contributed by atoms with Crippen LogP contribution >= 0.6 is 22.6 Å². The third kappa shape index (κ3) is 3.48.